The highest BCUT2D eigenvalue weighted by Crippen LogP contribution is 2.31. The number of nitrogens with zero attached hydrogens (tertiary/aromatic N) is 2. The van der Waals surface area contributed by atoms with Crippen LogP contribution in [0.2, 0.25) is 0 Å². The van der Waals surface area contributed by atoms with Crippen LogP contribution < -0.4 is 15.2 Å². The average molecular weight is 233 g/mol. The zero-order valence-corrected chi connectivity index (χ0v) is 9.93. The number of hydrogen-bond donors (Lipinski definition) is 1. The number of fused-ring (bicyclic) bond motifs is 1. The van der Waals surface area contributed by atoms with Gasteiger partial charge in [0.15, 0.2) is 11.5 Å². The molecular formula is C12H15N3O2. The minimum atomic E-state index is 0.393. The summed E-state index contributed by atoms with van der Waals surface area (Å²) in [4.78, 5) is 8.40. The van der Waals surface area contributed by atoms with Crippen molar-refractivity contribution >= 4 is 16.9 Å². The minimum absolute atomic E-state index is 0.393. The lowest BCUT2D eigenvalue weighted by atomic mass is 10.2. The quantitative estimate of drug-likeness (QED) is 0.874. The third-order valence-corrected chi connectivity index (χ3v) is 2.23. The molecule has 90 valence electrons. The molecule has 1 heterocycles. The molecule has 0 aliphatic heterocycles. The van der Waals surface area contributed by atoms with Gasteiger partial charge in [0, 0.05) is 12.1 Å². The number of aromatic nitrogens is 2. The van der Waals surface area contributed by atoms with Crippen molar-refractivity contribution in [2.75, 3.05) is 18.9 Å². The van der Waals surface area contributed by atoms with Crippen molar-refractivity contribution < 1.29 is 9.47 Å². The Bertz CT molecular complexity index is 528. The molecule has 2 N–H and O–H groups in total. The van der Waals surface area contributed by atoms with E-state index >= 15 is 0 Å². The predicted octanol–water partition coefficient (Wildman–Crippen LogP) is 2.01. The SMILES string of the molecule is CCOc1cc2ncc(N)nc2cc1OCC. The van der Waals surface area contributed by atoms with Gasteiger partial charge >= 0.3 is 0 Å². The normalized spacial score (nSPS) is 10.5. The molecule has 1 aromatic heterocycles. The first kappa shape index (κ1) is 11.4. The Morgan fingerprint density at radius 2 is 1.65 bits per heavy atom. The van der Waals surface area contributed by atoms with Crippen LogP contribution in [0.3, 0.4) is 0 Å². The van der Waals surface area contributed by atoms with E-state index in [0.29, 0.717) is 36.0 Å². The highest BCUT2D eigenvalue weighted by atomic mass is 16.5. The molecule has 0 saturated heterocycles. The molecule has 0 atom stereocenters. The Kier molecular flexibility index (Phi) is 3.27. The van der Waals surface area contributed by atoms with Gasteiger partial charge in [0.05, 0.1) is 30.4 Å². The molecule has 2 aromatic rings. The molecule has 0 fully saturated rings. The second-order valence-corrected chi connectivity index (χ2v) is 3.45. The number of benzene rings is 1. The molecule has 5 heteroatoms. The predicted molar refractivity (Wildman–Crippen MR) is 66.3 cm³/mol. The molecule has 0 spiro atoms. The van der Waals surface area contributed by atoms with E-state index in [0.717, 1.165) is 5.52 Å². The lowest BCUT2D eigenvalue weighted by molar-refractivity contribution is 0.288. The van der Waals surface area contributed by atoms with Gasteiger partial charge in [0.1, 0.15) is 5.82 Å². The first-order valence-electron chi connectivity index (χ1n) is 5.56. The van der Waals surface area contributed by atoms with Gasteiger partial charge in [0.2, 0.25) is 0 Å². The Hall–Kier alpha value is -2.04. The van der Waals surface area contributed by atoms with Crippen LogP contribution >= 0.6 is 0 Å². The van der Waals surface area contributed by atoms with Crippen LogP contribution in [0.25, 0.3) is 11.0 Å². The van der Waals surface area contributed by atoms with Crippen molar-refractivity contribution in [2.45, 2.75) is 13.8 Å². The van der Waals surface area contributed by atoms with Crippen LogP contribution in [0, 0.1) is 0 Å². The van der Waals surface area contributed by atoms with E-state index in [-0.39, 0.29) is 0 Å². The Morgan fingerprint density at radius 1 is 1.06 bits per heavy atom. The van der Waals surface area contributed by atoms with Crippen LogP contribution in [-0.4, -0.2) is 23.2 Å². The topological polar surface area (TPSA) is 70.3 Å². The fourth-order valence-electron chi connectivity index (χ4n) is 1.57. The largest absolute Gasteiger partial charge is 0.490 e. The van der Waals surface area contributed by atoms with Crippen molar-refractivity contribution in [1.29, 1.82) is 0 Å². The van der Waals surface area contributed by atoms with E-state index in [1.807, 2.05) is 19.9 Å². The standard InChI is InChI=1S/C12H15N3O2/c1-3-16-10-5-8-9(6-11(10)17-4-2)15-12(13)7-14-8/h5-7H,3-4H2,1-2H3,(H2,13,15). The minimum Gasteiger partial charge on any atom is -0.490 e. The summed E-state index contributed by atoms with van der Waals surface area (Å²) in [7, 11) is 0. The van der Waals surface area contributed by atoms with Crippen molar-refractivity contribution in [2.24, 2.45) is 0 Å². The van der Waals surface area contributed by atoms with Crippen LogP contribution in [0.4, 0.5) is 5.82 Å². The molecule has 0 aliphatic carbocycles. The zero-order chi connectivity index (χ0) is 12.3. The van der Waals surface area contributed by atoms with Gasteiger partial charge in [-0.1, -0.05) is 0 Å². The third-order valence-electron chi connectivity index (χ3n) is 2.23. The first-order valence-corrected chi connectivity index (χ1v) is 5.56. The summed E-state index contributed by atoms with van der Waals surface area (Å²) < 4.78 is 11.0. The van der Waals surface area contributed by atoms with Gasteiger partial charge in [-0.25, -0.2) is 4.98 Å². The molecule has 0 saturated carbocycles. The monoisotopic (exact) mass is 233 g/mol. The van der Waals surface area contributed by atoms with Gasteiger partial charge < -0.3 is 15.2 Å². The third kappa shape index (κ3) is 2.38. The number of ether oxygens (including phenoxy) is 2. The molecular weight excluding hydrogens is 218 g/mol. The highest BCUT2D eigenvalue weighted by molar-refractivity contribution is 5.79. The van der Waals surface area contributed by atoms with Crippen LogP contribution in [0.5, 0.6) is 11.5 Å². The smallest absolute Gasteiger partial charge is 0.163 e. The average Bonchev–Trinajstić information content (AvgIpc) is 2.31. The van der Waals surface area contributed by atoms with E-state index in [2.05, 4.69) is 9.97 Å². The van der Waals surface area contributed by atoms with Crippen LogP contribution in [0.1, 0.15) is 13.8 Å². The van der Waals surface area contributed by atoms with Gasteiger partial charge in [-0.2, -0.15) is 0 Å². The summed E-state index contributed by atoms with van der Waals surface area (Å²) in [5.74, 6) is 1.74. The van der Waals surface area contributed by atoms with Crippen molar-refractivity contribution in [3.05, 3.63) is 18.3 Å². The first-order chi connectivity index (χ1) is 8.24. The highest BCUT2D eigenvalue weighted by Gasteiger charge is 2.08. The van der Waals surface area contributed by atoms with Gasteiger partial charge in [-0.05, 0) is 13.8 Å². The maximum atomic E-state index is 5.60. The molecule has 0 unspecified atom stereocenters. The number of nitrogen functional groups attached to an aromatic ring is 1. The summed E-state index contributed by atoms with van der Waals surface area (Å²) in [6.07, 6.45) is 1.53. The lowest BCUT2D eigenvalue weighted by Gasteiger charge is -2.11. The van der Waals surface area contributed by atoms with Gasteiger partial charge in [-0.15, -0.1) is 0 Å². The Balaban J connectivity index is 2.55. The van der Waals surface area contributed by atoms with E-state index < -0.39 is 0 Å². The molecule has 0 radical (unpaired) electrons. The van der Waals surface area contributed by atoms with E-state index in [1.165, 1.54) is 6.20 Å². The van der Waals surface area contributed by atoms with Crippen molar-refractivity contribution in [3.8, 4) is 11.5 Å². The number of hydrogen-bond acceptors (Lipinski definition) is 5. The van der Waals surface area contributed by atoms with E-state index in [1.54, 1.807) is 6.07 Å². The molecule has 1 aromatic carbocycles. The molecule has 2 rings (SSSR count). The molecule has 0 bridgehead atoms. The second kappa shape index (κ2) is 4.86. The summed E-state index contributed by atoms with van der Waals surface area (Å²) in [5, 5.41) is 0. The second-order valence-electron chi connectivity index (χ2n) is 3.45. The van der Waals surface area contributed by atoms with E-state index in [4.69, 9.17) is 15.2 Å². The summed E-state index contributed by atoms with van der Waals surface area (Å²) in [6, 6.07) is 3.61. The molecule has 5 nitrogen and oxygen atoms in total. The number of rotatable bonds is 4. The van der Waals surface area contributed by atoms with E-state index in [9.17, 15) is 0 Å². The maximum Gasteiger partial charge on any atom is 0.163 e. The van der Waals surface area contributed by atoms with Gasteiger partial charge in [-0.3, -0.25) is 4.98 Å². The summed E-state index contributed by atoms with van der Waals surface area (Å²) in [6.45, 7) is 4.99. The molecule has 17 heavy (non-hydrogen) atoms. The summed E-state index contributed by atoms with van der Waals surface area (Å²) in [5.41, 5.74) is 7.05. The Labute approximate surface area is 99.6 Å². The number of anilines is 1. The van der Waals surface area contributed by atoms with Crippen molar-refractivity contribution in [3.63, 3.8) is 0 Å². The zero-order valence-electron chi connectivity index (χ0n) is 9.93. The lowest BCUT2D eigenvalue weighted by Crippen LogP contribution is -2.00. The maximum absolute atomic E-state index is 5.60. The fourth-order valence-corrected chi connectivity index (χ4v) is 1.57. The fraction of sp³-hybridized carbons (Fsp3) is 0.333. The number of nitrogens with two attached hydrogens (primary N) is 1. The Morgan fingerprint density at radius 3 is 2.24 bits per heavy atom. The van der Waals surface area contributed by atoms with Crippen LogP contribution in [-0.2, 0) is 0 Å². The van der Waals surface area contributed by atoms with Crippen LogP contribution in [0.15, 0.2) is 18.3 Å². The van der Waals surface area contributed by atoms with Crippen molar-refractivity contribution in [1.82, 2.24) is 9.97 Å². The molecule has 0 aliphatic rings. The summed E-state index contributed by atoms with van der Waals surface area (Å²) >= 11 is 0. The molecule has 0 amide bonds. The van der Waals surface area contributed by atoms with Gasteiger partial charge in [0.25, 0.3) is 0 Å².